The van der Waals surface area contributed by atoms with Gasteiger partial charge in [0.2, 0.25) is 0 Å². The Balaban J connectivity index is 2.10. The third kappa shape index (κ3) is 2.10. The Morgan fingerprint density at radius 3 is 3.00 bits per heavy atom. The summed E-state index contributed by atoms with van der Waals surface area (Å²) in [5.74, 6) is 0.366. The number of nitrogens with two attached hydrogens (primary N) is 1. The number of aromatic nitrogens is 4. The Labute approximate surface area is 92.2 Å². The van der Waals surface area contributed by atoms with E-state index in [9.17, 15) is 0 Å². The molecule has 0 aliphatic heterocycles. The Hall–Kier alpha value is -1.73. The van der Waals surface area contributed by atoms with Gasteiger partial charge in [0.25, 0.3) is 0 Å². The molecule has 0 saturated carbocycles. The first-order valence-electron chi connectivity index (χ1n) is 4.69. The quantitative estimate of drug-likeness (QED) is 0.726. The first kappa shape index (κ1) is 10.8. The normalized spacial score (nSPS) is 11.1. The minimum absolute atomic E-state index is 0.344. The predicted molar refractivity (Wildman–Crippen MR) is 57.0 cm³/mol. The zero-order valence-corrected chi connectivity index (χ0v) is 8.67. The molecule has 0 aromatic carbocycles. The number of hydrogen-bond acceptors (Lipinski definition) is 6. The Kier molecular flexibility index (Phi) is 3.28. The van der Waals surface area contributed by atoms with Crippen LogP contribution in [0.15, 0.2) is 12.7 Å². The van der Waals surface area contributed by atoms with Gasteiger partial charge in [-0.25, -0.2) is 15.0 Å². The third-order valence-electron chi connectivity index (χ3n) is 2.03. The number of rotatable bonds is 5. The van der Waals surface area contributed by atoms with Gasteiger partial charge in [-0.2, -0.15) is 0 Å². The van der Waals surface area contributed by atoms with Crippen LogP contribution in [0.3, 0.4) is 0 Å². The highest BCUT2D eigenvalue weighted by atomic mass is 16.5. The van der Waals surface area contributed by atoms with Crippen LogP contribution in [0.5, 0.6) is 0 Å². The molecule has 0 saturated heterocycles. The number of imidazole rings is 1. The van der Waals surface area contributed by atoms with Gasteiger partial charge < -0.3 is 15.2 Å². The molecule has 7 nitrogen and oxygen atoms in total. The summed E-state index contributed by atoms with van der Waals surface area (Å²) in [5.41, 5.74) is 6.89. The summed E-state index contributed by atoms with van der Waals surface area (Å²) in [6.45, 7) is 1.25. The summed E-state index contributed by atoms with van der Waals surface area (Å²) in [7, 11) is 3.25. The largest absolute Gasteiger partial charge is 0.382 e. The molecule has 2 N–H and O–H groups in total. The van der Waals surface area contributed by atoms with Crippen LogP contribution in [0.4, 0.5) is 5.82 Å². The van der Waals surface area contributed by atoms with E-state index < -0.39 is 0 Å². The minimum atomic E-state index is 0.344. The van der Waals surface area contributed by atoms with Gasteiger partial charge in [0, 0.05) is 0 Å². The fourth-order valence-electron chi connectivity index (χ4n) is 1.27. The molecule has 0 amide bonds. The second kappa shape index (κ2) is 4.86. The van der Waals surface area contributed by atoms with E-state index in [2.05, 4.69) is 26.8 Å². The van der Waals surface area contributed by atoms with Crippen molar-refractivity contribution in [2.24, 2.45) is 0 Å². The Morgan fingerprint density at radius 1 is 1.31 bits per heavy atom. The number of hydrogen-bond donors (Lipinski definition) is 1. The van der Waals surface area contributed by atoms with Gasteiger partial charge in [0.05, 0.1) is 26.7 Å². The first-order valence-corrected chi connectivity index (χ1v) is 4.69. The molecular formula is C9H12N5O2. The van der Waals surface area contributed by atoms with Crippen LogP contribution in [0, 0.1) is 7.11 Å². The topological polar surface area (TPSA) is 88.1 Å². The van der Waals surface area contributed by atoms with Gasteiger partial charge in [0.1, 0.15) is 18.6 Å². The van der Waals surface area contributed by atoms with E-state index in [4.69, 9.17) is 10.5 Å². The van der Waals surface area contributed by atoms with Crippen LogP contribution in [0.25, 0.3) is 11.2 Å². The standard InChI is InChI=1S/C9H12N5O2/c1-15-2-3-16-6-14-5-13-7-8(10)11-4-12-9(7)14/h4-5H,1-3,6H2,(H2,10,11,12). The summed E-state index contributed by atoms with van der Waals surface area (Å²) >= 11 is 0. The van der Waals surface area contributed by atoms with Crippen molar-refractivity contribution in [3.63, 3.8) is 0 Å². The lowest BCUT2D eigenvalue weighted by molar-refractivity contribution is 0.0439. The summed E-state index contributed by atoms with van der Waals surface area (Å²) in [6.07, 6.45) is 3.01. The van der Waals surface area contributed by atoms with Crippen LogP contribution in [0.2, 0.25) is 0 Å². The molecule has 85 valence electrons. The van der Waals surface area contributed by atoms with E-state index in [0.717, 1.165) is 0 Å². The smallest absolute Gasteiger partial charge is 0.167 e. The van der Waals surface area contributed by atoms with Crippen LogP contribution in [-0.4, -0.2) is 32.7 Å². The molecule has 2 heterocycles. The van der Waals surface area contributed by atoms with Crippen LogP contribution in [-0.2, 0) is 16.2 Å². The van der Waals surface area contributed by atoms with Crippen molar-refractivity contribution in [1.29, 1.82) is 0 Å². The maximum atomic E-state index is 5.65. The number of ether oxygens (including phenoxy) is 2. The van der Waals surface area contributed by atoms with Gasteiger partial charge in [-0.15, -0.1) is 0 Å². The van der Waals surface area contributed by atoms with Crippen LogP contribution >= 0.6 is 0 Å². The molecule has 0 bridgehead atoms. The van der Waals surface area contributed by atoms with Gasteiger partial charge in [-0.1, -0.05) is 0 Å². The van der Waals surface area contributed by atoms with Crippen molar-refractivity contribution in [2.45, 2.75) is 6.73 Å². The van der Waals surface area contributed by atoms with Crippen LogP contribution < -0.4 is 5.73 Å². The zero-order valence-electron chi connectivity index (χ0n) is 8.67. The van der Waals surface area contributed by atoms with Crippen molar-refractivity contribution in [3.05, 3.63) is 19.8 Å². The maximum absolute atomic E-state index is 5.65. The summed E-state index contributed by atoms with van der Waals surface area (Å²) in [5, 5.41) is 0. The van der Waals surface area contributed by atoms with E-state index in [-0.39, 0.29) is 0 Å². The molecular weight excluding hydrogens is 210 g/mol. The molecule has 0 aliphatic rings. The highest BCUT2D eigenvalue weighted by Crippen LogP contribution is 2.13. The second-order valence-electron chi connectivity index (χ2n) is 3.09. The van der Waals surface area contributed by atoms with Crippen molar-refractivity contribution < 1.29 is 9.47 Å². The van der Waals surface area contributed by atoms with Gasteiger partial charge in [0.15, 0.2) is 11.5 Å². The van der Waals surface area contributed by atoms with E-state index in [1.54, 1.807) is 10.9 Å². The fourth-order valence-corrected chi connectivity index (χ4v) is 1.27. The van der Waals surface area contributed by atoms with E-state index in [1.807, 2.05) is 0 Å². The highest BCUT2D eigenvalue weighted by Gasteiger charge is 2.06. The van der Waals surface area contributed by atoms with Crippen molar-refractivity contribution in [2.75, 3.05) is 18.9 Å². The number of fused-ring (bicyclic) bond motifs is 1. The van der Waals surface area contributed by atoms with Gasteiger partial charge in [-0.05, 0) is 0 Å². The lowest BCUT2D eigenvalue weighted by atomic mass is 10.5. The second-order valence-corrected chi connectivity index (χ2v) is 3.09. The molecule has 2 rings (SSSR count). The summed E-state index contributed by atoms with van der Waals surface area (Å²) in [6, 6.07) is 0. The minimum Gasteiger partial charge on any atom is -0.382 e. The van der Waals surface area contributed by atoms with Gasteiger partial charge >= 0.3 is 0 Å². The third-order valence-corrected chi connectivity index (χ3v) is 2.03. The molecule has 2 aromatic rings. The molecule has 2 aromatic heterocycles. The summed E-state index contributed by atoms with van der Waals surface area (Å²) in [4.78, 5) is 12.0. The van der Waals surface area contributed by atoms with E-state index >= 15 is 0 Å². The molecule has 0 unspecified atom stereocenters. The zero-order chi connectivity index (χ0) is 11.4. The number of nitrogen functional groups attached to an aromatic ring is 1. The lowest BCUT2D eigenvalue weighted by Crippen LogP contribution is -2.06. The lowest BCUT2D eigenvalue weighted by Gasteiger charge is -2.04. The van der Waals surface area contributed by atoms with Crippen molar-refractivity contribution >= 4 is 17.0 Å². The first-order chi connectivity index (χ1) is 7.83. The molecule has 0 atom stereocenters. The molecule has 0 fully saturated rings. The average molecular weight is 222 g/mol. The van der Waals surface area contributed by atoms with Gasteiger partial charge in [-0.3, -0.25) is 4.57 Å². The number of anilines is 1. The molecule has 16 heavy (non-hydrogen) atoms. The van der Waals surface area contributed by atoms with Crippen LogP contribution in [0.1, 0.15) is 0 Å². The summed E-state index contributed by atoms with van der Waals surface area (Å²) < 4.78 is 11.7. The number of nitrogens with zero attached hydrogens (tertiary/aromatic N) is 4. The van der Waals surface area contributed by atoms with E-state index in [0.29, 0.717) is 36.9 Å². The maximum Gasteiger partial charge on any atom is 0.167 e. The molecule has 0 aliphatic carbocycles. The van der Waals surface area contributed by atoms with E-state index in [1.165, 1.54) is 6.33 Å². The Bertz CT molecular complexity index is 470. The van der Waals surface area contributed by atoms with Crippen molar-refractivity contribution in [3.8, 4) is 0 Å². The predicted octanol–water partition coefficient (Wildman–Crippen LogP) is 0.191. The molecule has 7 heteroatoms. The molecule has 0 spiro atoms. The average Bonchev–Trinajstić information content (AvgIpc) is 2.70. The highest BCUT2D eigenvalue weighted by molar-refractivity contribution is 5.80. The molecule has 1 radical (unpaired) electrons. The SMILES string of the molecule is [CH2]OCCOCn1cnc2c(N)ncnc21. The monoisotopic (exact) mass is 222 g/mol. The Morgan fingerprint density at radius 2 is 2.19 bits per heavy atom. The van der Waals surface area contributed by atoms with Crippen molar-refractivity contribution in [1.82, 2.24) is 19.5 Å². The fraction of sp³-hybridized carbons (Fsp3) is 0.333.